The topological polar surface area (TPSA) is 40.6 Å². The lowest BCUT2D eigenvalue weighted by atomic mass is 9.99. The van der Waals surface area contributed by atoms with E-state index in [0.29, 0.717) is 13.0 Å². The molecule has 24 heavy (non-hydrogen) atoms. The molecule has 0 unspecified atom stereocenters. The van der Waals surface area contributed by atoms with Crippen molar-refractivity contribution in [3.63, 3.8) is 0 Å². The van der Waals surface area contributed by atoms with Gasteiger partial charge in [0.1, 0.15) is 6.04 Å². The highest BCUT2D eigenvalue weighted by atomic mass is 32.2. The monoisotopic (exact) mass is 342 g/mol. The first kappa shape index (κ1) is 15.8. The molecular formula is C19H22N2O2S. The molecule has 2 saturated heterocycles. The van der Waals surface area contributed by atoms with Crippen LogP contribution in [0.1, 0.15) is 31.7 Å². The van der Waals surface area contributed by atoms with Crippen LogP contribution in [0.2, 0.25) is 0 Å². The first-order chi connectivity index (χ1) is 11.6. The number of rotatable bonds is 2. The van der Waals surface area contributed by atoms with Crippen LogP contribution in [0, 0.1) is 0 Å². The van der Waals surface area contributed by atoms with E-state index in [0.717, 1.165) is 25.1 Å². The van der Waals surface area contributed by atoms with Gasteiger partial charge in [0.2, 0.25) is 11.8 Å². The van der Waals surface area contributed by atoms with Gasteiger partial charge in [-0.05, 0) is 30.9 Å². The van der Waals surface area contributed by atoms with Crippen molar-refractivity contribution in [1.29, 1.82) is 0 Å². The number of hydrogen-bond acceptors (Lipinski definition) is 3. The quantitative estimate of drug-likeness (QED) is 0.830. The van der Waals surface area contributed by atoms with E-state index in [4.69, 9.17) is 0 Å². The van der Waals surface area contributed by atoms with E-state index in [2.05, 4.69) is 25.1 Å². The zero-order chi connectivity index (χ0) is 16.7. The maximum absolute atomic E-state index is 13.0. The Labute approximate surface area is 146 Å². The summed E-state index contributed by atoms with van der Waals surface area (Å²) >= 11 is 1.76. The lowest BCUT2D eigenvalue weighted by Gasteiger charge is -2.34. The molecule has 1 aromatic carbocycles. The maximum Gasteiger partial charge on any atom is 0.246 e. The number of amides is 2. The predicted molar refractivity (Wildman–Crippen MR) is 96.3 cm³/mol. The highest BCUT2D eigenvalue weighted by molar-refractivity contribution is 8.01. The summed E-state index contributed by atoms with van der Waals surface area (Å²) in [4.78, 5) is 28.8. The van der Waals surface area contributed by atoms with Gasteiger partial charge in [-0.1, -0.05) is 36.4 Å². The normalized spacial score (nSPS) is 29.6. The summed E-state index contributed by atoms with van der Waals surface area (Å²) in [5.41, 5.74) is 2.55. The molecule has 5 heteroatoms. The fraction of sp³-hybridized carbons (Fsp3) is 0.474. The third-order valence-corrected chi connectivity index (χ3v) is 6.90. The van der Waals surface area contributed by atoms with E-state index in [-0.39, 0.29) is 22.7 Å². The van der Waals surface area contributed by atoms with Gasteiger partial charge in [-0.3, -0.25) is 9.59 Å². The molecule has 3 aliphatic heterocycles. The van der Waals surface area contributed by atoms with Crippen LogP contribution in [0.15, 0.2) is 36.4 Å². The fourth-order valence-corrected chi connectivity index (χ4v) is 5.42. The summed E-state index contributed by atoms with van der Waals surface area (Å²) < 4.78 is 0. The summed E-state index contributed by atoms with van der Waals surface area (Å²) in [7, 11) is 0. The van der Waals surface area contributed by atoms with Gasteiger partial charge in [0.15, 0.2) is 0 Å². The SMILES string of the molecule is C[C@]12CCC(=O)N1[C@@H](C(=O)N1CC=C(c3ccccc3)CC1)CS2. The summed E-state index contributed by atoms with van der Waals surface area (Å²) in [6.07, 6.45) is 4.47. The molecule has 0 spiro atoms. The van der Waals surface area contributed by atoms with E-state index in [1.54, 1.807) is 11.8 Å². The van der Waals surface area contributed by atoms with Crippen molar-refractivity contribution in [2.45, 2.75) is 37.1 Å². The number of fused-ring (bicyclic) bond motifs is 1. The Morgan fingerprint density at radius 1 is 1.25 bits per heavy atom. The van der Waals surface area contributed by atoms with Crippen LogP contribution in [0.4, 0.5) is 0 Å². The Balaban J connectivity index is 1.47. The Kier molecular flexibility index (Phi) is 3.91. The van der Waals surface area contributed by atoms with Gasteiger partial charge >= 0.3 is 0 Å². The van der Waals surface area contributed by atoms with E-state index < -0.39 is 0 Å². The van der Waals surface area contributed by atoms with Crippen LogP contribution < -0.4 is 0 Å². The predicted octanol–water partition coefficient (Wildman–Crippen LogP) is 2.76. The van der Waals surface area contributed by atoms with Crippen molar-refractivity contribution in [2.24, 2.45) is 0 Å². The minimum Gasteiger partial charge on any atom is -0.337 e. The summed E-state index contributed by atoms with van der Waals surface area (Å²) in [6, 6.07) is 10.1. The van der Waals surface area contributed by atoms with Crippen molar-refractivity contribution in [1.82, 2.24) is 9.80 Å². The maximum atomic E-state index is 13.0. The molecule has 0 saturated carbocycles. The molecule has 0 N–H and O–H groups in total. The van der Waals surface area contributed by atoms with Crippen LogP contribution in [0.5, 0.6) is 0 Å². The number of thioether (sulfide) groups is 1. The third kappa shape index (κ3) is 2.55. The minimum absolute atomic E-state index is 0.116. The highest BCUT2D eigenvalue weighted by Crippen LogP contribution is 2.47. The smallest absolute Gasteiger partial charge is 0.246 e. The Morgan fingerprint density at radius 2 is 2.04 bits per heavy atom. The molecule has 2 fully saturated rings. The van der Waals surface area contributed by atoms with Gasteiger partial charge in [-0.15, -0.1) is 11.8 Å². The molecule has 0 radical (unpaired) electrons. The van der Waals surface area contributed by atoms with Crippen LogP contribution in [-0.2, 0) is 9.59 Å². The zero-order valence-electron chi connectivity index (χ0n) is 13.9. The number of nitrogens with zero attached hydrogens (tertiary/aromatic N) is 2. The second-order valence-corrected chi connectivity index (χ2v) is 8.40. The van der Waals surface area contributed by atoms with Gasteiger partial charge < -0.3 is 9.80 Å². The molecule has 3 aliphatic rings. The summed E-state index contributed by atoms with van der Waals surface area (Å²) in [5, 5.41) is 0. The van der Waals surface area contributed by atoms with Crippen LogP contribution in [0.3, 0.4) is 0 Å². The van der Waals surface area contributed by atoms with Gasteiger partial charge in [0.05, 0.1) is 4.87 Å². The Bertz CT molecular complexity index is 703. The molecule has 126 valence electrons. The average Bonchev–Trinajstić information content (AvgIpc) is 3.11. The minimum atomic E-state index is -0.276. The zero-order valence-corrected chi connectivity index (χ0v) is 14.7. The molecule has 3 heterocycles. The molecule has 4 rings (SSSR count). The van der Waals surface area contributed by atoms with Crippen LogP contribution in [-0.4, -0.2) is 51.4 Å². The van der Waals surface area contributed by atoms with Crippen molar-refractivity contribution in [3.8, 4) is 0 Å². The fourth-order valence-electron chi connectivity index (χ4n) is 4.00. The molecule has 2 amide bonds. The van der Waals surface area contributed by atoms with Crippen molar-refractivity contribution in [2.75, 3.05) is 18.8 Å². The first-order valence-electron chi connectivity index (χ1n) is 8.58. The van der Waals surface area contributed by atoms with E-state index in [1.165, 1.54) is 11.1 Å². The number of carbonyl (C=O) groups is 2. The molecule has 0 aliphatic carbocycles. The summed E-state index contributed by atoms with van der Waals surface area (Å²) in [5.74, 6) is 0.982. The first-order valence-corrected chi connectivity index (χ1v) is 9.56. The molecular weight excluding hydrogens is 320 g/mol. The van der Waals surface area contributed by atoms with E-state index >= 15 is 0 Å². The number of hydrogen-bond donors (Lipinski definition) is 0. The molecule has 4 nitrogen and oxygen atoms in total. The molecule has 0 aromatic heterocycles. The van der Waals surface area contributed by atoms with Gasteiger partial charge in [0, 0.05) is 25.3 Å². The van der Waals surface area contributed by atoms with E-state index in [1.807, 2.05) is 28.0 Å². The Hall–Kier alpha value is -1.75. The third-order valence-electron chi connectivity index (χ3n) is 5.40. The van der Waals surface area contributed by atoms with Crippen LogP contribution in [0.25, 0.3) is 5.57 Å². The van der Waals surface area contributed by atoms with Gasteiger partial charge in [-0.25, -0.2) is 0 Å². The van der Waals surface area contributed by atoms with E-state index in [9.17, 15) is 9.59 Å². The lowest BCUT2D eigenvalue weighted by molar-refractivity contribution is -0.143. The average molecular weight is 342 g/mol. The largest absolute Gasteiger partial charge is 0.337 e. The van der Waals surface area contributed by atoms with Gasteiger partial charge in [0.25, 0.3) is 0 Å². The second-order valence-electron chi connectivity index (χ2n) is 6.90. The number of carbonyl (C=O) groups excluding carboxylic acids is 2. The molecule has 1 aromatic rings. The number of benzene rings is 1. The van der Waals surface area contributed by atoms with Crippen LogP contribution >= 0.6 is 11.8 Å². The standard InChI is InChI=1S/C19H22N2O2S/c1-19-10-7-17(22)21(19)16(13-24-19)18(23)20-11-8-15(9-12-20)14-5-3-2-4-6-14/h2-6,8,16H,7,9-13H2,1H3/t16-,19+/m1/s1. The van der Waals surface area contributed by atoms with Crippen molar-refractivity contribution < 1.29 is 9.59 Å². The highest BCUT2D eigenvalue weighted by Gasteiger charge is 2.53. The summed E-state index contributed by atoms with van der Waals surface area (Å²) in [6.45, 7) is 3.47. The Morgan fingerprint density at radius 3 is 2.75 bits per heavy atom. The van der Waals surface area contributed by atoms with Gasteiger partial charge in [-0.2, -0.15) is 0 Å². The molecule has 0 bridgehead atoms. The van der Waals surface area contributed by atoms with Crippen molar-refractivity contribution >= 4 is 29.1 Å². The van der Waals surface area contributed by atoms with Crippen molar-refractivity contribution in [3.05, 3.63) is 42.0 Å². The molecule has 2 atom stereocenters. The second kappa shape index (κ2) is 5.96. The lowest BCUT2D eigenvalue weighted by Crippen LogP contribution is -2.52.